The van der Waals surface area contributed by atoms with E-state index in [2.05, 4.69) is 14.1 Å². The molecule has 112 valence electrons. The Labute approximate surface area is 106 Å². The van der Waals surface area contributed by atoms with Crippen LogP contribution in [0.25, 0.3) is 0 Å². The van der Waals surface area contributed by atoms with E-state index >= 15 is 0 Å². The maximum Gasteiger partial charge on any atom is 0.215 e. The molecule has 0 saturated carbocycles. The van der Waals surface area contributed by atoms with Gasteiger partial charge in [0.25, 0.3) is 0 Å². The molecule has 0 atom stereocenters. The summed E-state index contributed by atoms with van der Waals surface area (Å²) in [6.45, 7) is 5.41. The van der Waals surface area contributed by atoms with Gasteiger partial charge in [-0.05, 0) is 0 Å². The number of likely N-dealkylation sites (N-methyl/N-ethyl adjacent to an activating group) is 2. The standard InChI is InChI=1S/C6H14N2.2H2O4S/c1-7-3-5-8(2)6-4-7;2*1-5(2,3)4/h3-6H2,1-2H3;2*(H2,1,2,3,4). The van der Waals surface area contributed by atoms with Crippen LogP contribution in [0, 0.1) is 0 Å². The van der Waals surface area contributed by atoms with Crippen LogP contribution < -0.4 is 9.80 Å². The van der Waals surface area contributed by atoms with Crippen molar-refractivity contribution < 1.29 is 44.8 Å². The molecule has 1 saturated heterocycles. The lowest BCUT2D eigenvalue weighted by molar-refractivity contribution is -0.994. The van der Waals surface area contributed by atoms with E-state index in [1.165, 1.54) is 26.2 Å². The second-order valence-electron chi connectivity index (χ2n) is 3.77. The summed E-state index contributed by atoms with van der Waals surface area (Å²) in [4.78, 5) is 3.38. The van der Waals surface area contributed by atoms with Crippen molar-refractivity contribution in [2.24, 2.45) is 0 Å². The van der Waals surface area contributed by atoms with Gasteiger partial charge in [-0.3, -0.25) is 9.11 Å². The van der Waals surface area contributed by atoms with Crippen molar-refractivity contribution in [1.82, 2.24) is 0 Å². The highest BCUT2D eigenvalue weighted by Crippen LogP contribution is 1.58. The van der Waals surface area contributed by atoms with Crippen molar-refractivity contribution >= 4 is 20.8 Å². The normalized spacial score (nSPS) is 24.1. The van der Waals surface area contributed by atoms with Gasteiger partial charge in [-0.1, -0.05) is 0 Å². The van der Waals surface area contributed by atoms with Crippen LogP contribution in [0.15, 0.2) is 0 Å². The van der Waals surface area contributed by atoms with E-state index in [4.69, 9.17) is 35.0 Å². The van der Waals surface area contributed by atoms with Crippen molar-refractivity contribution in [3.05, 3.63) is 0 Å². The zero-order valence-corrected chi connectivity index (χ0v) is 11.6. The van der Waals surface area contributed by atoms with Gasteiger partial charge in [-0.2, -0.15) is 0 Å². The molecule has 0 spiro atoms. The van der Waals surface area contributed by atoms with Crippen molar-refractivity contribution in [2.75, 3.05) is 40.3 Å². The molecule has 0 aliphatic carbocycles. The zero-order valence-electron chi connectivity index (χ0n) is 9.99. The highest BCUT2D eigenvalue weighted by atomic mass is 32.3. The molecule has 0 unspecified atom stereocenters. The van der Waals surface area contributed by atoms with Gasteiger partial charge in [0.05, 0.1) is 14.1 Å². The largest absolute Gasteiger partial charge is 0.726 e. The highest BCUT2D eigenvalue weighted by molar-refractivity contribution is 7.80. The van der Waals surface area contributed by atoms with Gasteiger partial charge in [0, 0.05) is 0 Å². The lowest BCUT2D eigenvalue weighted by Crippen LogP contribution is -3.25. The first-order valence-electron chi connectivity index (χ1n) is 4.78. The Hall–Kier alpha value is -0.340. The van der Waals surface area contributed by atoms with E-state index in [1.807, 2.05) is 0 Å². The van der Waals surface area contributed by atoms with Crippen LogP contribution >= 0.6 is 0 Å². The monoisotopic (exact) mass is 310 g/mol. The van der Waals surface area contributed by atoms with E-state index in [0.29, 0.717) is 0 Å². The van der Waals surface area contributed by atoms with Gasteiger partial charge in [0.2, 0.25) is 20.8 Å². The summed E-state index contributed by atoms with van der Waals surface area (Å²) in [5, 5.41) is 0. The molecule has 4 N–H and O–H groups in total. The maximum absolute atomic E-state index is 8.63. The molecule has 0 bridgehead atoms. The molecule has 0 amide bonds. The van der Waals surface area contributed by atoms with Gasteiger partial charge in [-0.25, -0.2) is 16.8 Å². The van der Waals surface area contributed by atoms with Crippen LogP contribution in [0.2, 0.25) is 0 Å². The van der Waals surface area contributed by atoms with Gasteiger partial charge in [-0.15, -0.1) is 0 Å². The predicted octanol–water partition coefficient (Wildman–Crippen LogP) is -4.96. The van der Waals surface area contributed by atoms with Crippen LogP contribution in [-0.2, 0) is 20.8 Å². The van der Waals surface area contributed by atoms with Crippen molar-refractivity contribution in [3.63, 3.8) is 0 Å². The number of piperazine rings is 1. The average molecular weight is 310 g/mol. The van der Waals surface area contributed by atoms with Gasteiger partial charge < -0.3 is 18.9 Å². The number of nitrogens with one attached hydrogen (secondary N) is 2. The van der Waals surface area contributed by atoms with E-state index in [1.54, 1.807) is 9.80 Å². The molecular formula is C6H18N2O8S2. The minimum absolute atomic E-state index is 1.35. The minimum Gasteiger partial charge on any atom is -0.726 e. The molecule has 0 aromatic heterocycles. The number of quaternary nitrogens is 2. The lowest BCUT2D eigenvalue weighted by Gasteiger charge is -2.23. The van der Waals surface area contributed by atoms with Crippen LogP contribution in [-0.4, -0.2) is 75.3 Å². The molecule has 0 aromatic rings. The molecule has 1 rings (SSSR count). The quantitative estimate of drug-likeness (QED) is 0.255. The second kappa shape index (κ2) is 8.71. The summed E-state index contributed by atoms with van der Waals surface area (Å²) in [5.41, 5.74) is 0. The molecule has 1 fully saturated rings. The molecule has 12 heteroatoms. The summed E-state index contributed by atoms with van der Waals surface area (Å²) in [6.07, 6.45) is 0. The number of rotatable bonds is 0. The second-order valence-corrected chi connectivity index (χ2v) is 5.48. The van der Waals surface area contributed by atoms with E-state index in [0.717, 1.165) is 0 Å². The molecule has 0 aromatic carbocycles. The smallest absolute Gasteiger partial charge is 0.215 e. The van der Waals surface area contributed by atoms with E-state index < -0.39 is 20.8 Å². The first kappa shape index (κ1) is 20.0. The van der Waals surface area contributed by atoms with Crippen LogP contribution in [0.4, 0.5) is 0 Å². The first-order valence-corrected chi connectivity index (χ1v) is 7.51. The van der Waals surface area contributed by atoms with Gasteiger partial charge in [0.1, 0.15) is 26.2 Å². The minimum atomic E-state index is -4.92. The average Bonchev–Trinajstić information content (AvgIpc) is 2.04. The number of hydrogen-bond acceptors (Lipinski definition) is 6. The summed E-state index contributed by atoms with van der Waals surface area (Å²) in [6, 6.07) is 0. The molecule has 18 heavy (non-hydrogen) atoms. The highest BCUT2D eigenvalue weighted by Gasteiger charge is 2.14. The Morgan fingerprint density at radius 2 is 0.889 bits per heavy atom. The molecule has 10 nitrogen and oxygen atoms in total. The summed E-state index contributed by atoms with van der Waals surface area (Å²) < 4.78 is 65.7. The fourth-order valence-electron chi connectivity index (χ4n) is 1.10. The Bertz CT molecular complexity index is 341. The summed E-state index contributed by atoms with van der Waals surface area (Å²) in [7, 11) is -5.29. The fraction of sp³-hybridized carbons (Fsp3) is 1.00. The third-order valence-electron chi connectivity index (χ3n) is 1.96. The Morgan fingerprint density at radius 3 is 1.00 bits per heavy atom. The van der Waals surface area contributed by atoms with Crippen LogP contribution in [0.1, 0.15) is 0 Å². The van der Waals surface area contributed by atoms with E-state index in [-0.39, 0.29) is 0 Å². The fourth-order valence-corrected chi connectivity index (χ4v) is 1.10. The molecular weight excluding hydrogens is 292 g/mol. The van der Waals surface area contributed by atoms with Crippen molar-refractivity contribution in [2.45, 2.75) is 0 Å². The SMILES string of the molecule is C[NH+]1CC[NH+](C)CC1.O=S(=O)([O-])O.O=S(=O)([O-])O. The Kier molecular flexibility index (Phi) is 9.67. The molecule has 1 heterocycles. The Balaban J connectivity index is 0. The van der Waals surface area contributed by atoms with E-state index in [9.17, 15) is 0 Å². The van der Waals surface area contributed by atoms with Crippen molar-refractivity contribution in [3.8, 4) is 0 Å². The zero-order chi connectivity index (χ0) is 15.0. The van der Waals surface area contributed by atoms with Gasteiger partial charge in [0.15, 0.2) is 0 Å². The summed E-state index contributed by atoms with van der Waals surface area (Å²) in [5.74, 6) is 0. The Morgan fingerprint density at radius 1 is 0.778 bits per heavy atom. The lowest BCUT2D eigenvalue weighted by atomic mass is 10.4. The number of hydrogen-bond donors (Lipinski definition) is 4. The predicted molar refractivity (Wildman–Crippen MR) is 57.9 cm³/mol. The van der Waals surface area contributed by atoms with Gasteiger partial charge >= 0.3 is 0 Å². The molecule has 1 aliphatic rings. The van der Waals surface area contributed by atoms with Crippen LogP contribution in [0.5, 0.6) is 0 Å². The maximum atomic E-state index is 8.63. The molecule has 0 radical (unpaired) electrons. The third kappa shape index (κ3) is 36.1. The molecule has 1 aliphatic heterocycles. The van der Waals surface area contributed by atoms with Crippen LogP contribution in [0.3, 0.4) is 0 Å². The summed E-state index contributed by atoms with van der Waals surface area (Å²) >= 11 is 0. The topological polar surface area (TPSA) is 164 Å². The first-order chi connectivity index (χ1) is 7.79. The van der Waals surface area contributed by atoms with Crippen molar-refractivity contribution in [1.29, 1.82) is 0 Å². The third-order valence-corrected chi connectivity index (χ3v) is 1.96.